The number of amides is 2. The van der Waals surface area contributed by atoms with Gasteiger partial charge in [0.1, 0.15) is 0 Å². The van der Waals surface area contributed by atoms with Crippen LogP contribution < -0.4 is 0 Å². The lowest BCUT2D eigenvalue weighted by molar-refractivity contribution is -0.147. The molecule has 0 bridgehead atoms. The van der Waals surface area contributed by atoms with Crippen LogP contribution >= 0.6 is 0 Å². The van der Waals surface area contributed by atoms with Crippen molar-refractivity contribution in [3.63, 3.8) is 0 Å². The molecule has 2 aliphatic heterocycles. The van der Waals surface area contributed by atoms with E-state index < -0.39 is 11.4 Å². The Morgan fingerprint density at radius 2 is 2.10 bits per heavy atom. The third-order valence-corrected chi connectivity index (χ3v) is 4.61. The molecular weight excluding hydrogens is 258 g/mol. The van der Waals surface area contributed by atoms with Crippen molar-refractivity contribution in [3.05, 3.63) is 0 Å². The average Bonchev–Trinajstić information content (AvgIpc) is 2.96. The van der Waals surface area contributed by atoms with Crippen LogP contribution in [0.3, 0.4) is 0 Å². The number of carboxylic acid groups (broad SMARTS) is 1. The molecule has 0 spiro atoms. The van der Waals surface area contributed by atoms with E-state index in [1.54, 1.807) is 16.7 Å². The number of hydrogen-bond donors (Lipinski definition) is 1. The summed E-state index contributed by atoms with van der Waals surface area (Å²) in [4.78, 5) is 29.3. The van der Waals surface area contributed by atoms with Crippen LogP contribution in [0, 0.1) is 11.3 Å². The predicted molar refractivity (Wildman–Crippen MR) is 75.6 cm³/mol. The van der Waals surface area contributed by atoms with Crippen molar-refractivity contribution in [2.75, 3.05) is 46.8 Å². The molecule has 1 N–H and O–H groups in total. The third kappa shape index (κ3) is 3.06. The van der Waals surface area contributed by atoms with E-state index in [9.17, 15) is 14.7 Å². The van der Waals surface area contributed by atoms with Gasteiger partial charge < -0.3 is 19.8 Å². The zero-order chi connectivity index (χ0) is 14.9. The highest BCUT2D eigenvalue weighted by molar-refractivity contribution is 5.79. The quantitative estimate of drug-likeness (QED) is 0.831. The Kier molecular flexibility index (Phi) is 4.22. The van der Waals surface area contributed by atoms with Gasteiger partial charge in [-0.25, -0.2) is 4.79 Å². The van der Waals surface area contributed by atoms with Crippen molar-refractivity contribution in [3.8, 4) is 0 Å². The number of nitrogens with zero attached hydrogens (tertiary/aromatic N) is 3. The number of likely N-dealkylation sites (tertiary alicyclic amines) is 2. The molecule has 2 amide bonds. The SMILES string of the molecule is CN1CCC(CN(C)C(=O)N2CCC(C)(C(=O)O)C2)C1. The van der Waals surface area contributed by atoms with Gasteiger partial charge in [-0.15, -0.1) is 0 Å². The van der Waals surface area contributed by atoms with Gasteiger partial charge in [0.15, 0.2) is 0 Å². The summed E-state index contributed by atoms with van der Waals surface area (Å²) >= 11 is 0. The molecule has 20 heavy (non-hydrogen) atoms. The fraction of sp³-hybridized carbons (Fsp3) is 0.857. The molecule has 0 aromatic carbocycles. The Bertz CT molecular complexity index is 401. The summed E-state index contributed by atoms with van der Waals surface area (Å²) < 4.78 is 0. The monoisotopic (exact) mass is 283 g/mol. The van der Waals surface area contributed by atoms with Crippen LogP contribution in [0.1, 0.15) is 19.8 Å². The Labute approximate surface area is 120 Å². The van der Waals surface area contributed by atoms with E-state index in [1.165, 1.54) is 0 Å². The minimum atomic E-state index is -0.812. The highest BCUT2D eigenvalue weighted by Crippen LogP contribution is 2.30. The summed E-state index contributed by atoms with van der Waals surface area (Å²) in [5.74, 6) is -0.282. The molecule has 2 aliphatic rings. The molecule has 0 aromatic heterocycles. The Hall–Kier alpha value is -1.30. The average molecular weight is 283 g/mol. The second kappa shape index (κ2) is 5.60. The molecule has 0 aromatic rings. The zero-order valence-corrected chi connectivity index (χ0v) is 12.6. The van der Waals surface area contributed by atoms with E-state index in [1.807, 2.05) is 7.05 Å². The minimum absolute atomic E-state index is 0.0375. The summed E-state index contributed by atoms with van der Waals surface area (Å²) in [5, 5.41) is 9.21. The first kappa shape index (κ1) is 15.1. The maximum Gasteiger partial charge on any atom is 0.319 e. The van der Waals surface area contributed by atoms with Gasteiger partial charge in [0, 0.05) is 33.2 Å². The van der Waals surface area contributed by atoms with Crippen LogP contribution in [0.2, 0.25) is 0 Å². The van der Waals surface area contributed by atoms with Gasteiger partial charge >= 0.3 is 12.0 Å². The van der Waals surface area contributed by atoms with Crippen molar-refractivity contribution in [2.24, 2.45) is 11.3 Å². The lowest BCUT2D eigenvalue weighted by Gasteiger charge is -2.27. The summed E-state index contributed by atoms with van der Waals surface area (Å²) in [6, 6.07) is -0.0375. The second-order valence-electron chi connectivity index (χ2n) is 6.62. The molecular formula is C14H25N3O3. The first-order chi connectivity index (χ1) is 9.32. The Morgan fingerprint density at radius 3 is 2.60 bits per heavy atom. The molecule has 6 heteroatoms. The van der Waals surface area contributed by atoms with Crippen molar-refractivity contribution < 1.29 is 14.7 Å². The molecule has 2 atom stereocenters. The van der Waals surface area contributed by atoms with Gasteiger partial charge in [-0.3, -0.25) is 4.79 Å². The van der Waals surface area contributed by atoms with E-state index in [0.29, 0.717) is 25.4 Å². The summed E-state index contributed by atoms with van der Waals surface area (Å²) in [5.41, 5.74) is -0.788. The number of hydrogen-bond acceptors (Lipinski definition) is 3. The number of carboxylic acids is 1. The van der Waals surface area contributed by atoms with Gasteiger partial charge in [0.2, 0.25) is 0 Å². The maximum atomic E-state index is 12.4. The van der Waals surface area contributed by atoms with Crippen molar-refractivity contribution >= 4 is 12.0 Å². The van der Waals surface area contributed by atoms with Gasteiger partial charge in [-0.2, -0.15) is 0 Å². The molecule has 0 aliphatic carbocycles. The zero-order valence-electron chi connectivity index (χ0n) is 12.6. The molecule has 2 fully saturated rings. The largest absolute Gasteiger partial charge is 0.481 e. The van der Waals surface area contributed by atoms with Crippen LogP contribution in [-0.4, -0.2) is 78.6 Å². The summed E-state index contributed by atoms with van der Waals surface area (Å²) in [6.07, 6.45) is 1.66. The van der Waals surface area contributed by atoms with E-state index in [0.717, 1.165) is 26.1 Å². The van der Waals surface area contributed by atoms with Crippen molar-refractivity contribution in [1.29, 1.82) is 0 Å². The molecule has 2 rings (SSSR count). The number of urea groups is 1. The molecule has 114 valence electrons. The summed E-state index contributed by atoms with van der Waals surface area (Å²) in [6.45, 7) is 5.45. The smallest absolute Gasteiger partial charge is 0.319 e. The second-order valence-corrected chi connectivity index (χ2v) is 6.62. The number of carbonyl (C=O) groups is 2. The maximum absolute atomic E-state index is 12.4. The standard InChI is InChI=1S/C14H25N3O3/c1-14(12(18)19)5-7-17(10-14)13(20)16(3)9-11-4-6-15(2)8-11/h11H,4-10H2,1-3H3,(H,18,19). The lowest BCUT2D eigenvalue weighted by atomic mass is 9.90. The summed E-state index contributed by atoms with van der Waals surface area (Å²) in [7, 11) is 3.91. The van der Waals surface area contributed by atoms with Crippen LogP contribution in [0.4, 0.5) is 4.79 Å². The van der Waals surface area contributed by atoms with Crippen molar-refractivity contribution in [2.45, 2.75) is 19.8 Å². The van der Waals surface area contributed by atoms with E-state index in [4.69, 9.17) is 0 Å². The fourth-order valence-corrected chi connectivity index (χ4v) is 3.18. The number of rotatable bonds is 3. The first-order valence-electron chi connectivity index (χ1n) is 7.24. The van der Waals surface area contributed by atoms with Gasteiger partial charge in [0.25, 0.3) is 0 Å². The van der Waals surface area contributed by atoms with Crippen LogP contribution in [-0.2, 0) is 4.79 Å². The Balaban J connectivity index is 1.87. The van der Waals surface area contributed by atoms with Crippen LogP contribution in [0.15, 0.2) is 0 Å². The van der Waals surface area contributed by atoms with Gasteiger partial charge in [0.05, 0.1) is 5.41 Å². The molecule has 0 saturated carbocycles. The van der Waals surface area contributed by atoms with E-state index in [2.05, 4.69) is 11.9 Å². The molecule has 0 radical (unpaired) electrons. The number of aliphatic carboxylic acids is 1. The lowest BCUT2D eigenvalue weighted by Crippen LogP contribution is -2.43. The first-order valence-corrected chi connectivity index (χ1v) is 7.24. The van der Waals surface area contributed by atoms with Crippen molar-refractivity contribution in [1.82, 2.24) is 14.7 Å². The predicted octanol–water partition coefficient (Wildman–Crippen LogP) is 0.786. The minimum Gasteiger partial charge on any atom is -0.481 e. The normalized spacial score (nSPS) is 30.8. The highest BCUT2D eigenvalue weighted by atomic mass is 16.4. The molecule has 6 nitrogen and oxygen atoms in total. The van der Waals surface area contributed by atoms with Crippen LogP contribution in [0.5, 0.6) is 0 Å². The van der Waals surface area contributed by atoms with Crippen LogP contribution in [0.25, 0.3) is 0 Å². The van der Waals surface area contributed by atoms with Gasteiger partial charge in [-0.05, 0) is 39.3 Å². The topological polar surface area (TPSA) is 64.1 Å². The number of carbonyl (C=O) groups excluding carboxylic acids is 1. The highest BCUT2D eigenvalue weighted by Gasteiger charge is 2.42. The van der Waals surface area contributed by atoms with E-state index in [-0.39, 0.29) is 6.03 Å². The molecule has 2 saturated heterocycles. The van der Waals surface area contributed by atoms with Gasteiger partial charge in [-0.1, -0.05) is 0 Å². The third-order valence-electron chi connectivity index (χ3n) is 4.61. The van der Waals surface area contributed by atoms with E-state index >= 15 is 0 Å². The molecule has 2 heterocycles. The fourth-order valence-electron chi connectivity index (χ4n) is 3.18. The Morgan fingerprint density at radius 1 is 1.40 bits per heavy atom. The molecule has 2 unspecified atom stereocenters.